The van der Waals surface area contributed by atoms with Gasteiger partial charge in [0.05, 0.1) is 52.8 Å². The third-order valence-corrected chi connectivity index (χ3v) is 10.7. The quantitative estimate of drug-likeness (QED) is 0.0983. The van der Waals surface area contributed by atoms with Crippen LogP contribution in [0.25, 0.3) is 0 Å². The lowest BCUT2D eigenvalue weighted by Gasteiger charge is -2.31. The molecule has 1 heterocycles. The lowest BCUT2D eigenvalue weighted by molar-refractivity contribution is -0.964. The molecule has 4 N–H and O–H groups in total. The SMILES string of the molecule is CCCC(C#N)(CCCN(C)C(C)c1ccc(OCC(=O)NN2CCC(CO[N+](=O)OC(=O)CC(O)(CC(=O)O)C(=O)O)CC2)c(OC)c1)c1cc(OC)c(OC)c(OC)c1. The normalized spacial score (nSPS) is 15.5. The Kier molecular flexibility index (Phi) is 18.8. The number of amides is 1. The molecule has 3 atom stereocenters. The number of piperidine rings is 1. The number of nitriles is 1. The molecular weight excluding hydrogens is 802 g/mol. The summed E-state index contributed by atoms with van der Waals surface area (Å²) in [4.78, 5) is 70.0. The van der Waals surface area contributed by atoms with Gasteiger partial charge in [-0.2, -0.15) is 10.1 Å². The number of nitrogens with zero attached hydrogens (tertiary/aromatic N) is 4. The van der Waals surface area contributed by atoms with Crippen molar-refractivity contribution in [2.75, 3.05) is 68.3 Å². The molecule has 2 aromatic carbocycles. The first kappa shape index (κ1) is 49.5. The Morgan fingerprint density at radius 2 is 1.61 bits per heavy atom. The molecule has 1 saturated heterocycles. The summed E-state index contributed by atoms with van der Waals surface area (Å²) in [5.41, 5.74) is 0.847. The van der Waals surface area contributed by atoms with Crippen LogP contribution in [-0.4, -0.2) is 128 Å². The van der Waals surface area contributed by atoms with Crippen molar-refractivity contribution in [1.29, 1.82) is 5.26 Å². The molecular formula is C41H58N5O15+. The Morgan fingerprint density at radius 1 is 0.967 bits per heavy atom. The summed E-state index contributed by atoms with van der Waals surface area (Å²) < 4.78 is 28.1. The molecule has 3 unspecified atom stereocenters. The third kappa shape index (κ3) is 13.8. The number of hydrogen-bond acceptors (Lipinski definition) is 16. The summed E-state index contributed by atoms with van der Waals surface area (Å²) >= 11 is 0. The zero-order valence-corrected chi connectivity index (χ0v) is 35.8. The van der Waals surface area contributed by atoms with E-state index in [-0.39, 0.29) is 25.2 Å². The molecule has 0 aliphatic carbocycles. The minimum absolute atomic E-state index is 0.0223. The van der Waals surface area contributed by atoms with Crippen LogP contribution in [-0.2, 0) is 34.3 Å². The van der Waals surface area contributed by atoms with Crippen LogP contribution in [0.3, 0.4) is 0 Å². The number of hydrazine groups is 1. The number of nitrogens with one attached hydrogen (secondary N) is 1. The molecule has 0 bridgehead atoms. The molecule has 20 heteroatoms. The van der Waals surface area contributed by atoms with Gasteiger partial charge in [0.15, 0.2) is 41.8 Å². The van der Waals surface area contributed by atoms with Crippen molar-refractivity contribution in [3.8, 4) is 34.8 Å². The van der Waals surface area contributed by atoms with Crippen LogP contribution >= 0.6 is 0 Å². The summed E-state index contributed by atoms with van der Waals surface area (Å²) in [6.07, 6.45) is 1.23. The Morgan fingerprint density at radius 3 is 2.15 bits per heavy atom. The van der Waals surface area contributed by atoms with Gasteiger partial charge < -0.3 is 39.0 Å². The number of aliphatic carboxylic acids is 2. The van der Waals surface area contributed by atoms with E-state index in [4.69, 9.17) is 38.7 Å². The maximum Gasteiger partial charge on any atom is 0.486 e. The number of benzene rings is 2. The van der Waals surface area contributed by atoms with Gasteiger partial charge in [0.25, 0.3) is 5.91 Å². The number of carbonyl (C=O) groups is 4. The fraction of sp³-hybridized carbons (Fsp3) is 0.585. The van der Waals surface area contributed by atoms with E-state index >= 15 is 0 Å². The number of hydrogen-bond donors (Lipinski definition) is 4. The van der Waals surface area contributed by atoms with Crippen molar-refractivity contribution in [2.45, 2.75) is 82.3 Å². The first-order valence-electron chi connectivity index (χ1n) is 19.7. The summed E-state index contributed by atoms with van der Waals surface area (Å²) in [7, 11) is 8.19. The summed E-state index contributed by atoms with van der Waals surface area (Å²) in [6, 6.07) is 11.8. The number of rotatable bonds is 26. The highest BCUT2D eigenvalue weighted by Gasteiger charge is 2.43. The van der Waals surface area contributed by atoms with Crippen LogP contribution in [0.15, 0.2) is 30.3 Å². The van der Waals surface area contributed by atoms with E-state index in [1.165, 1.54) is 7.11 Å². The summed E-state index contributed by atoms with van der Waals surface area (Å²) in [5.74, 6) is -3.39. The van der Waals surface area contributed by atoms with E-state index < -0.39 is 52.8 Å². The van der Waals surface area contributed by atoms with Crippen LogP contribution in [0, 0.1) is 22.2 Å². The van der Waals surface area contributed by atoms with Gasteiger partial charge in [0, 0.05) is 25.0 Å². The molecule has 0 spiro atoms. The smallest absolute Gasteiger partial charge is 0.486 e. The number of carboxylic acid groups (broad SMARTS) is 2. The molecule has 2 aromatic rings. The molecule has 0 radical (unpaired) electrons. The highest BCUT2D eigenvalue weighted by atomic mass is 17.0. The van der Waals surface area contributed by atoms with Crippen LogP contribution in [0.2, 0.25) is 0 Å². The van der Waals surface area contributed by atoms with Crippen molar-refractivity contribution in [3.63, 3.8) is 0 Å². The van der Waals surface area contributed by atoms with Crippen LogP contribution in [0.4, 0.5) is 0 Å². The van der Waals surface area contributed by atoms with E-state index in [0.29, 0.717) is 74.1 Å². The zero-order chi connectivity index (χ0) is 45.3. The minimum Gasteiger partial charge on any atom is -0.493 e. The van der Waals surface area contributed by atoms with Gasteiger partial charge in [-0.3, -0.25) is 19.9 Å². The molecule has 1 aliphatic heterocycles. The second-order valence-corrected chi connectivity index (χ2v) is 14.8. The molecule has 1 aliphatic rings. The standard InChI is InChI=1S/C41H57N5O15/c1-8-14-40(26-42,30-20-33(56-5)38(58-7)34(21-30)57-6)15-9-16-44(3)27(2)29-10-11-31(32(19-29)55-4)59-25-35(47)43-45-17-12-28(13-18-45)24-60-46(54)61-37(50)23-41(53,39(51)52)22-36(48)49/h10-11,19-21,27-28,53H,8-9,12-18,22-25H2,1-7H3,(H2-,43,47,48,49,51,52)/p+1. The predicted molar refractivity (Wildman–Crippen MR) is 215 cm³/mol. The predicted octanol–water partition coefficient (Wildman–Crippen LogP) is 3.73. The molecule has 1 fully saturated rings. The van der Waals surface area contributed by atoms with Crippen molar-refractivity contribution >= 4 is 23.8 Å². The van der Waals surface area contributed by atoms with Gasteiger partial charge >= 0.3 is 23.0 Å². The molecule has 0 saturated carbocycles. The van der Waals surface area contributed by atoms with Gasteiger partial charge in [0.2, 0.25) is 5.75 Å². The molecule has 61 heavy (non-hydrogen) atoms. The van der Waals surface area contributed by atoms with E-state index in [1.54, 1.807) is 32.4 Å². The largest absolute Gasteiger partial charge is 0.493 e. The number of methoxy groups -OCH3 is 4. The molecule has 336 valence electrons. The topological polar surface area (TPSA) is 256 Å². The van der Waals surface area contributed by atoms with Gasteiger partial charge in [-0.15, -0.1) is 4.84 Å². The third-order valence-electron chi connectivity index (χ3n) is 10.7. The van der Waals surface area contributed by atoms with Gasteiger partial charge in [0.1, 0.15) is 4.91 Å². The minimum atomic E-state index is -2.96. The average molecular weight is 861 g/mol. The highest BCUT2D eigenvalue weighted by molar-refractivity contribution is 5.88. The van der Waals surface area contributed by atoms with Crippen molar-refractivity contribution in [2.24, 2.45) is 5.92 Å². The van der Waals surface area contributed by atoms with Crippen LogP contribution in [0.5, 0.6) is 28.7 Å². The van der Waals surface area contributed by atoms with E-state index in [0.717, 1.165) is 24.0 Å². The number of carbonyl (C=O) groups excluding carboxylic acids is 2. The van der Waals surface area contributed by atoms with E-state index in [2.05, 4.69) is 35.1 Å². The summed E-state index contributed by atoms with van der Waals surface area (Å²) in [6.45, 7) is 5.19. The number of ether oxygens (including phenoxy) is 5. The molecule has 1 amide bonds. The Labute approximate surface area is 354 Å². The van der Waals surface area contributed by atoms with E-state index in [9.17, 15) is 34.5 Å². The molecule has 0 aromatic heterocycles. The van der Waals surface area contributed by atoms with Crippen LogP contribution in [0.1, 0.15) is 82.4 Å². The van der Waals surface area contributed by atoms with Crippen molar-refractivity contribution in [3.05, 3.63) is 46.4 Å². The lowest BCUT2D eigenvalue weighted by Crippen LogP contribution is -2.48. The first-order valence-corrected chi connectivity index (χ1v) is 19.7. The lowest BCUT2D eigenvalue weighted by atomic mass is 9.74. The maximum absolute atomic E-state index is 12.8. The zero-order valence-electron chi connectivity index (χ0n) is 35.8. The Bertz CT molecular complexity index is 1860. The maximum atomic E-state index is 12.8. The Hall–Kier alpha value is -5.91. The second-order valence-electron chi connectivity index (χ2n) is 14.8. The number of aliphatic hydroxyl groups is 1. The van der Waals surface area contributed by atoms with Gasteiger partial charge in [-0.25, -0.2) is 14.6 Å². The second kappa shape index (κ2) is 23.2. The molecule has 3 rings (SSSR count). The van der Waals surface area contributed by atoms with Crippen molar-refractivity contribution in [1.82, 2.24) is 15.3 Å². The number of carboxylic acids is 2. The molecule has 20 nitrogen and oxygen atoms in total. The fourth-order valence-electron chi connectivity index (χ4n) is 7.09. The average Bonchev–Trinajstić information content (AvgIpc) is 3.23. The first-order chi connectivity index (χ1) is 29.0. The summed E-state index contributed by atoms with van der Waals surface area (Å²) in [5, 5.41) is 39.5. The van der Waals surface area contributed by atoms with Crippen molar-refractivity contribution < 1.29 is 72.9 Å². The van der Waals surface area contributed by atoms with Gasteiger partial charge in [-0.1, -0.05) is 19.4 Å². The van der Waals surface area contributed by atoms with Crippen LogP contribution < -0.4 is 29.1 Å². The van der Waals surface area contributed by atoms with E-state index in [1.807, 2.05) is 31.3 Å². The Balaban J connectivity index is 1.47. The van der Waals surface area contributed by atoms with Gasteiger partial charge in [-0.05, 0) is 88.0 Å². The highest BCUT2D eigenvalue weighted by Crippen LogP contribution is 2.44. The fourth-order valence-corrected chi connectivity index (χ4v) is 7.09. The monoisotopic (exact) mass is 860 g/mol.